The lowest BCUT2D eigenvalue weighted by Gasteiger charge is -2.31. The Kier molecular flexibility index (Phi) is 7.30. The Balaban J connectivity index is 1.74. The van der Waals surface area contributed by atoms with Crippen molar-refractivity contribution in [2.45, 2.75) is 32.5 Å². The van der Waals surface area contributed by atoms with Gasteiger partial charge in [0.25, 0.3) is 0 Å². The van der Waals surface area contributed by atoms with Crippen LogP contribution < -0.4 is 14.8 Å². The average Bonchev–Trinajstić information content (AvgIpc) is 2.83. The highest BCUT2D eigenvalue weighted by molar-refractivity contribution is 9.10. The third kappa shape index (κ3) is 5.20. The SMILES string of the molecule is CCOc1ccc(C2=N[C@H](c3ccc(F)c(Br)c3)N[C@@H](c3cccc(OCC)c3O)C2)cc1. The van der Waals surface area contributed by atoms with E-state index in [1.54, 1.807) is 18.2 Å². The van der Waals surface area contributed by atoms with Crippen LogP contribution >= 0.6 is 15.9 Å². The molecule has 0 radical (unpaired) electrons. The van der Waals surface area contributed by atoms with Gasteiger partial charge in [0.2, 0.25) is 0 Å². The van der Waals surface area contributed by atoms with Crippen LogP contribution in [0.25, 0.3) is 0 Å². The zero-order chi connectivity index (χ0) is 23.4. The third-order valence-electron chi connectivity index (χ3n) is 5.50. The Morgan fingerprint density at radius 1 is 1.06 bits per heavy atom. The van der Waals surface area contributed by atoms with Crippen LogP contribution in [-0.2, 0) is 0 Å². The Hall–Kier alpha value is -2.90. The fourth-order valence-electron chi connectivity index (χ4n) is 3.94. The number of hydrogen-bond acceptors (Lipinski definition) is 5. The van der Waals surface area contributed by atoms with E-state index < -0.39 is 6.17 Å². The Morgan fingerprint density at radius 3 is 2.52 bits per heavy atom. The number of aliphatic imine (C=N–C) groups is 1. The number of aromatic hydroxyl groups is 1. The van der Waals surface area contributed by atoms with Crippen LogP contribution in [0, 0.1) is 5.82 Å². The minimum absolute atomic E-state index is 0.115. The minimum Gasteiger partial charge on any atom is -0.504 e. The van der Waals surface area contributed by atoms with E-state index in [-0.39, 0.29) is 17.6 Å². The maximum Gasteiger partial charge on any atom is 0.162 e. The van der Waals surface area contributed by atoms with Gasteiger partial charge in [-0.2, -0.15) is 0 Å². The number of halogens is 2. The molecule has 2 N–H and O–H groups in total. The minimum atomic E-state index is -0.419. The lowest BCUT2D eigenvalue weighted by Crippen LogP contribution is -2.33. The quantitative estimate of drug-likeness (QED) is 0.389. The molecule has 0 aliphatic carbocycles. The maximum absolute atomic E-state index is 13.9. The first-order chi connectivity index (χ1) is 16.0. The van der Waals surface area contributed by atoms with Gasteiger partial charge in [-0.1, -0.05) is 18.2 Å². The summed E-state index contributed by atoms with van der Waals surface area (Å²) in [6.07, 6.45) is 0.146. The fourth-order valence-corrected chi connectivity index (χ4v) is 4.33. The molecule has 33 heavy (non-hydrogen) atoms. The van der Waals surface area contributed by atoms with Crippen molar-refractivity contribution in [2.24, 2.45) is 4.99 Å². The number of nitrogens with one attached hydrogen (secondary N) is 1. The summed E-state index contributed by atoms with van der Waals surface area (Å²) in [4.78, 5) is 4.94. The van der Waals surface area contributed by atoms with Gasteiger partial charge in [-0.3, -0.25) is 10.3 Å². The van der Waals surface area contributed by atoms with Gasteiger partial charge in [0.15, 0.2) is 11.5 Å². The zero-order valence-electron chi connectivity index (χ0n) is 18.5. The zero-order valence-corrected chi connectivity index (χ0v) is 20.1. The van der Waals surface area contributed by atoms with Crippen LogP contribution in [0.4, 0.5) is 4.39 Å². The van der Waals surface area contributed by atoms with Crippen LogP contribution in [0.1, 0.15) is 49.2 Å². The third-order valence-corrected chi connectivity index (χ3v) is 6.11. The van der Waals surface area contributed by atoms with Gasteiger partial charge in [-0.15, -0.1) is 0 Å². The molecule has 7 heteroatoms. The predicted octanol–water partition coefficient (Wildman–Crippen LogP) is 6.31. The van der Waals surface area contributed by atoms with Crippen LogP contribution in [0.3, 0.4) is 0 Å². The summed E-state index contributed by atoms with van der Waals surface area (Å²) in [7, 11) is 0. The average molecular weight is 513 g/mol. The molecular weight excluding hydrogens is 487 g/mol. The van der Waals surface area contributed by atoms with Crippen LogP contribution in [0.2, 0.25) is 0 Å². The monoisotopic (exact) mass is 512 g/mol. The largest absolute Gasteiger partial charge is 0.504 e. The van der Waals surface area contributed by atoms with Crippen molar-refractivity contribution in [3.05, 3.63) is 87.6 Å². The molecule has 1 heterocycles. The molecular formula is C26H26BrFN2O3. The van der Waals surface area contributed by atoms with Gasteiger partial charge < -0.3 is 14.6 Å². The number of para-hydroxylation sites is 1. The first kappa shape index (κ1) is 23.3. The maximum atomic E-state index is 13.9. The summed E-state index contributed by atoms with van der Waals surface area (Å²) in [6, 6.07) is 18.0. The Bertz CT molecular complexity index is 1150. The molecule has 3 aromatic carbocycles. The van der Waals surface area contributed by atoms with Crippen molar-refractivity contribution < 1.29 is 19.0 Å². The molecule has 0 fully saturated rings. The number of ether oxygens (including phenoxy) is 2. The van der Waals surface area contributed by atoms with Gasteiger partial charge in [0.1, 0.15) is 17.7 Å². The molecule has 172 valence electrons. The molecule has 0 saturated heterocycles. The van der Waals surface area contributed by atoms with Gasteiger partial charge in [-0.25, -0.2) is 4.39 Å². The van der Waals surface area contributed by atoms with E-state index in [0.29, 0.717) is 29.9 Å². The number of phenols is 1. The van der Waals surface area contributed by atoms with Crippen molar-refractivity contribution in [3.8, 4) is 17.2 Å². The molecule has 0 saturated carbocycles. The number of nitrogens with zero attached hydrogens (tertiary/aromatic N) is 1. The lowest BCUT2D eigenvalue weighted by atomic mass is 9.93. The highest BCUT2D eigenvalue weighted by atomic mass is 79.9. The second kappa shape index (κ2) is 10.4. The first-order valence-corrected chi connectivity index (χ1v) is 11.7. The van der Waals surface area contributed by atoms with Crippen LogP contribution in [0.5, 0.6) is 17.2 Å². The van der Waals surface area contributed by atoms with Crippen molar-refractivity contribution in [1.29, 1.82) is 0 Å². The van der Waals surface area contributed by atoms with E-state index >= 15 is 0 Å². The van der Waals surface area contributed by atoms with Crippen molar-refractivity contribution in [3.63, 3.8) is 0 Å². The molecule has 2 atom stereocenters. The first-order valence-electron chi connectivity index (χ1n) is 11.0. The predicted molar refractivity (Wildman–Crippen MR) is 131 cm³/mol. The van der Waals surface area contributed by atoms with Gasteiger partial charge in [0.05, 0.1) is 17.7 Å². The lowest BCUT2D eigenvalue weighted by molar-refractivity contribution is 0.313. The molecule has 0 spiro atoms. The second-order valence-corrected chi connectivity index (χ2v) is 8.51. The highest BCUT2D eigenvalue weighted by Crippen LogP contribution is 2.39. The molecule has 1 aliphatic rings. The van der Waals surface area contributed by atoms with Crippen LogP contribution in [0.15, 0.2) is 70.1 Å². The number of rotatable bonds is 7. The number of benzene rings is 3. The van der Waals surface area contributed by atoms with E-state index in [0.717, 1.165) is 28.2 Å². The standard InChI is InChI=1S/C26H26BrFN2O3/c1-3-32-18-11-8-16(9-12-18)22-15-23(19-6-5-7-24(25(19)31)33-4-2)30-26(29-22)17-10-13-21(28)20(27)14-17/h5-14,23,26,30-31H,3-4,15H2,1-2H3/t23-,26+/m1/s1. The smallest absolute Gasteiger partial charge is 0.162 e. The Morgan fingerprint density at radius 2 is 1.82 bits per heavy atom. The van der Waals surface area contributed by atoms with E-state index in [1.807, 2.05) is 50.2 Å². The molecule has 0 unspecified atom stereocenters. The normalized spacial score (nSPS) is 18.0. The molecule has 4 rings (SSSR count). The van der Waals surface area contributed by atoms with Crippen LogP contribution in [-0.4, -0.2) is 24.0 Å². The van der Waals surface area contributed by atoms with Gasteiger partial charge in [0, 0.05) is 23.7 Å². The van der Waals surface area contributed by atoms with Crippen molar-refractivity contribution in [2.75, 3.05) is 13.2 Å². The molecule has 5 nitrogen and oxygen atoms in total. The Labute approximate surface area is 201 Å². The van der Waals surface area contributed by atoms with E-state index in [2.05, 4.69) is 21.2 Å². The summed E-state index contributed by atoms with van der Waals surface area (Å²) in [5.41, 5.74) is 3.40. The molecule has 0 bridgehead atoms. The summed E-state index contributed by atoms with van der Waals surface area (Å²) in [5.74, 6) is 1.03. The fraction of sp³-hybridized carbons (Fsp3) is 0.269. The van der Waals surface area contributed by atoms with Gasteiger partial charge in [-0.05, 0) is 83.4 Å². The summed E-state index contributed by atoms with van der Waals surface area (Å²) in [6.45, 7) is 4.89. The number of hydrogen-bond donors (Lipinski definition) is 2. The van der Waals surface area contributed by atoms with Gasteiger partial charge >= 0.3 is 0 Å². The van der Waals surface area contributed by atoms with Crippen molar-refractivity contribution >= 4 is 21.6 Å². The van der Waals surface area contributed by atoms with Crippen molar-refractivity contribution in [1.82, 2.24) is 5.32 Å². The molecule has 3 aromatic rings. The summed E-state index contributed by atoms with van der Waals surface area (Å²) in [5, 5.41) is 14.4. The second-order valence-electron chi connectivity index (χ2n) is 7.66. The molecule has 1 aliphatic heterocycles. The molecule has 0 amide bonds. The molecule has 0 aromatic heterocycles. The number of phenolic OH excluding ortho intramolecular Hbond substituents is 1. The van der Waals surface area contributed by atoms with E-state index in [4.69, 9.17) is 14.5 Å². The highest BCUT2D eigenvalue weighted by Gasteiger charge is 2.29. The van der Waals surface area contributed by atoms with E-state index in [9.17, 15) is 9.50 Å². The summed E-state index contributed by atoms with van der Waals surface area (Å²) >= 11 is 3.27. The summed E-state index contributed by atoms with van der Waals surface area (Å²) < 4.78 is 25.4. The topological polar surface area (TPSA) is 63.1 Å². The van der Waals surface area contributed by atoms with E-state index in [1.165, 1.54) is 6.07 Å².